The number of aliphatic hydroxyl groups excluding tert-OH is 1. The molecule has 2 aliphatic heterocycles. The number of aliphatic hydroxyl groups is 1. The first-order valence-corrected chi connectivity index (χ1v) is 9.35. The normalized spacial score (nSPS) is 18.4. The van der Waals surface area contributed by atoms with Gasteiger partial charge < -0.3 is 10.4 Å². The minimum Gasteiger partial charge on any atom is -0.395 e. The topological polar surface area (TPSA) is 54.9 Å². The van der Waals surface area contributed by atoms with Crippen molar-refractivity contribution >= 4 is 27.7 Å². The highest BCUT2D eigenvalue weighted by Crippen LogP contribution is 2.42. The molecule has 0 unspecified atom stereocenters. The Morgan fingerprint density at radius 2 is 2.08 bits per heavy atom. The third-order valence-electron chi connectivity index (χ3n) is 4.66. The van der Waals surface area contributed by atoms with E-state index in [1.165, 1.54) is 6.07 Å². The van der Waals surface area contributed by atoms with Crippen molar-refractivity contribution in [3.8, 4) is 0 Å². The predicted octanol–water partition coefficient (Wildman–Crippen LogP) is 2.18. The number of thiazole rings is 1. The lowest BCUT2D eigenvalue weighted by molar-refractivity contribution is 0.113. The maximum absolute atomic E-state index is 13.7. The molecule has 8 heteroatoms. The summed E-state index contributed by atoms with van der Waals surface area (Å²) in [6, 6.07) is 4.89. The van der Waals surface area contributed by atoms with Gasteiger partial charge in [-0.05, 0) is 25.1 Å². The van der Waals surface area contributed by atoms with E-state index < -0.39 is 0 Å². The number of nitrogens with one attached hydrogen (secondary N) is 1. The Morgan fingerprint density at radius 3 is 2.84 bits per heavy atom. The summed E-state index contributed by atoms with van der Waals surface area (Å²) < 4.78 is 13.7. The number of halogens is 1. The molecule has 2 aliphatic rings. The minimum absolute atomic E-state index is 0.188. The van der Waals surface area contributed by atoms with Crippen molar-refractivity contribution in [1.82, 2.24) is 14.9 Å². The number of hydrogen-bond acceptors (Lipinski definition) is 7. The number of aromatic nitrogens is 1. The summed E-state index contributed by atoms with van der Waals surface area (Å²) in [5.41, 5.74) is 2.75. The van der Waals surface area contributed by atoms with Crippen LogP contribution in [0, 0.1) is 12.7 Å². The fourth-order valence-electron chi connectivity index (χ4n) is 3.45. The molecule has 4 rings (SSSR count). The fraction of sp³-hybridized carbons (Fsp3) is 0.471. The summed E-state index contributed by atoms with van der Waals surface area (Å²) in [6.07, 6.45) is 0. The molecule has 1 aromatic carbocycles. The highest BCUT2D eigenvalue weighted by molar-refractivity contribution is 7.15. The maximum Gasteiger partial charge on any atom is 0.136 e. The first kappa shape index (κ1) is 16.7. The molecule has 1 fully saturated rings. The van der Waals surface area contributed by atoms with Crippen molar-refractivity contribution in [1.29, 1.82) is 0 Å². The van der Waals surface area contributed by atoms with Gasteiger partial charge in [0.25, 0.3) is 0 Å². The number of benzene rings is 1. The number of hydrazine groups is 1. The van der Waals surface area contributed by atoms with E-state index in [1.54, 1.807) is 17.4 Å². The van der Waals surface area contributed by atoms with Crippen LogP contribution in [0.15, 0.2) is 18.2 Å². The molecule has 0 radical (unpaired) electrons. The highest BCUT2D eigenvalue weighted by Gasteiger charge is 2.30. The monoisotopic (exact) mass is 363 g/mol. The smallest absolute Gasteiger partial charge is 0.136 e. The Labute approximate surface area is 150 Å². The minimum atomic E-state index is -0.242. The molecule has 6 nitrogen and oxygen atoms in total. The molecule has 2 aromatic rings. The van der Waals surface area contributed by atoms with Gasteiger partial charge in [-0.25, -0.2) is 14.4 Å². The van der Waals surface area contributed by atoms with E-state index in [0.29, 0.717) is 13.1 Å². The van der Waals surface area contributed by atoms with Gasteiger partial charge in [-0.15, -0.1) is 0 Å². The molecule has 3 heterocycles. The van der Waals surface area contributed by atoms with Crippen LogP contribution in [-0.2, 0) is 6.54 Å². The zero-order chi connectivity index (χ0) is 17.4. The third kappa shape index (κ3) is 3.22. The molecule has 0 saturated carbocycles. The molecule has 1 saturated heterocycles. The average Bonchev–Trinajstić information content (AvgIpc) is 2.90. The Bertz CT molecular complexity index is 759. The van der Waals surface area contributed by atoms with Crippen LogP contribution >= 0.6 is 11.3 Å². The summed E-state index contributed by atoms with van der Waals surface area (Å²) in [7, 11) is 0. The zero-order valence-electron chi connectivity index (χ0n) is 14.2. The van der Waals surface area contributed by atoms with E-state index in [-0.39, 0.29) is 12.4 Å². The second-order valence-electron chi connectivity index (χ2n) is 6.33. The lowest BCUT2D eigenvalue weighted by Gasteiger charge is -2.41. The van der Waals surface area contributed by atoms with Gasteiger partial charge in [0.05, 0.1) is 35.2 Å². The van der Waals surface area contributed by atoms with Gasteiger partial charge in [-0.2, -0.15) is 0 Å². The molecular formula is C17H22FN5OS. The van der Waals surface area contributed by atoms with Crippen LogP contribution in [-0.4, -0.2) is 59.3 Å². The van der Waals surface area contributed by atoms with Crippen molar-refractivity contribution in [2.45, 2.75) is 13.5 Å². The SMILES string of the molecule is Cc1nc2c(s1)N(N1CCN(CCO)CC1)c1ccc(F)cc1NC2. The highest BCUT2D eigenvalue weighted by atomic mass is 32.1. The number of hydrogen-bond donors (Lipinski definition) is 2. The summed E-state index contributed by atoms with van der Waals surface area (Å²) in [5.74, 6) is -0.242. The molecule has 0 atom stereocenters. The molecule has 134 valence electrons. The van der Waals surface area contributed by atoms with Gasteiger partial charge in [0.1, 0.15) is 10.8 Å². The van der Waals surface area contributed by atoms with E-state index in [1.807, 2.05) is 13.0 Å². The van der Waals surface area contributed by atoms with Gasteiger partial charge in [-0.1, -0.05) is 11.3 Å². The molecular weight excluding hydrogens is 341 g/mol. The molecule has 2 N–H and O–H groups in total. The van der Waals surface area contributed by atoms with Gasteiger partial charge >= 0.3 is 0 Å². The van der Waals surface area contributed by atoms with Crippen LogP contribution in [0.2, 0.25) is 0 Å². The van der Waals surface area contributed by atoms with Crippen molar-refractivity contribution < 1.29 is 9.50 Å². The zero-order valence-corrected chi connectivity index (χ0v) is 15.0. The van der Waals surface area contributed by atoms with E-state index in [0.717, 1.165) is 53.3 Å². The number of aryl methyl sites for hydroxylation is 1. The first-order chi connectivity index (χ1) is 12.2. The number of piperazine rings is 1. The van der Waals surface area contributed by atoms with Gasteiger partial charge in [0, 0.05) is 32.7 Å². The Balaban J connectivity index is 1.70. The van der Waals surface area contributed by atoms with Crippen molar-refractivity contribution in [3.05, 3.63) is 34.7 Å². The van der Waals surface area contributed by atoms with Crippen LogP contribution in [0.4, 0.5) is 20.8 Å². The Hall–Kier alpha value is -1.74. The Morgan fingerprint density at radius 1 is 1.28 bits per heavy atom. The number of anilines is 3. The molecule has 0 bridgehead atoms. The molecule has 0 spiro atoms. The summed E-state index contributed by atoms with van der Waals surface area (Å²) in [5, 5.41) is 19.1. The first-order valence-electron chi connectivity index (χ1n) is 8.53. The lowest BCUT2D eigenvalue weighted by Crippen LogP contribution is -2.52. The average molecular weight is 363 g/mol. The molecule has 25 heavy (non-hydrogen) atoms. The maximum atomic E-state index is 13.7. The second kappa shape index (κ2) is 6.87. The van der Waals surface area contributed by atoms with E-state index >= 15 is 0 Å². The molecule has 1 aromatic heterocycles. The second-order valence-corrected chi connectivity index (χ2v) is 7.51. The standard InChI is InChI=1S/C17H22FN5OS/c1-12-20-15-11-19-14-10-13(18)2-3-16(14)23(17(15)25-12)22-6-4-21(5-7-22)8-9-24/h2-3,10,19,24H,4-9,11H2,1H3. The van der Waals surface area contributed by atoms with Gasteiger partial charge in [0.2, 0.25) is 0 Å². The third-order valence-corrected chi connectivity index (χ3v) is 5.65. The van der Waals surface area contributed by atoms with Crippen LogP contribution in [0.5, 0.6) is 0 Å². The molecule has 0 aliphatic carbocycles. The largest absolute Gasteiger partial charge is 0.395 e. The van der Waals surface area contributed by atoms with Crippen molar-refractivity contribution in [3.63, 3.8) is 0 Å². The summed E-state index contributed by atoms with van der Waals surface area (Å²) in [6.45, 7) is 7.01. The quantitative estimate of drug-likeness (QED) is 0.872. The van der Waals surface area contributed by atoms with Crippen molar-refractivity contribution in [2.24, 2.45) is 0 Å². The number of β-amino-alcohol motifs (C(OH)–C–C–N with tert-alkyl or cyclic N) is 1. The summed E-state index contributed by atoms with van der Waals surface area (Å²) in [4.78, 5) is 6.92. The Kier molecular flexibility index (Phi) is 4.60. The van der Waals surface area contributed by atoms with Gasteiger partial charge in [0.15, 0.2) is 0 Å². The summed E-state index contributed by atoms with van der Waals surface area (Å²) >= 11 is 1.67. The van der Waals surface area contributed by atoms with Crippen LogP contribution in [0.1, 0.15) is 10.7 Å². The lowest BCUT2D eigenvalue weighted by atomic mass is 10.2. The van der Waals surface area contributed by atoms with E-state index in [2.05, 4.69) is 25.2 Å². The van der Waals surface area contributed by atoms with Crippen LogP contribution in [0.25, 0.3) is 0 Å². The van der Waals surface area contributed by atoms with Crippen LogP contribution in [0.3, 0.4) is 0 Å². The predicted molar refractivity (Wildman–Crippen MR) is 97.8 cm³/mol. The van der Waals surface area contributed by atoms with E-state index in [9.17, 15) is 4.39 Å². The fourth-order valence-corrected chi connectivity index (χ4v) is 4.42. The van der Waals surface area contributed by atoms with Crippen molar-refractivity contribution in [2.75, 3.05) is 49.7 Å². The number of rotatable bonds is 3. The molecule has 0 amide bonds. The number of nitrogens with zero attached hydrogens (tertiary/aromatic N) is 4. The van der Waals surface area contributed by atoms with Gasteiger partial charge in [-0.3, -0.25) is 9.91 Å². The number of fused-ring (bicyclic) bond motifs is 2. The van der Waals surface area contributed by atoms with E-state index in [4.69, 9.17) is 5.11 Å². The van der Waals surface area contributed by atoms with Crippen LogP contribution < -0.4 is 10.3 Å².